The highest BCUT2D eigenvalue weighted by atomic mass is 35.5. The van der Waals surface area contributed by atoms with Crippen molar-refractivity contribution in [3.8, 4) is 11.1 Å². The SMILES string of the molecule is COCc1nn2c(C)c(C(=O)Nc3cccc(Cl)c3)nnc2c1-c1ccc(Cl)cc1. The number of fused-ring (bicyclic) bond motifs is 1. The number of amides is 1. The summed E-state index contributed by atoms with van der Waals surface area (Å²) in [7, 11) is 1.60. The first kappa shape index (κ1) is 20.3. The lowest BCUT2D eigenvalue weighted by atomic mass is 10.1. The van der Waals surface area contributed by atoms with Gasteiger partial charge in [0.2, 0.25) is 0 Å². The molecule has 9 heteroatoms. The van der Waals surface area contributed by atoms with Crippen LogP contribution in [0.25, 0.3) is 16.8 Å². The largest absolute Gasteiger partial charge is 0.378 e. The van der Waals surface area contributed by atoms with Gasteiger partial charge in [0.25, 0.3) is 5.91 Å². The van der Waals surface area contributed by atoms with Gasteiger partial charge in [0, 0.05) is 22.8 Å². The van der Waals surface area contributed by atoms with Crippen LogP contribution in [0.5, 0.6) is 0 Å². The van der Waals surface area contributed by atoms with Crippen LogP contribution >= 0.6 is 23.2 Å². The fourth-order valence-electron chi connectivity index (χ4n) is 3.17. The third kappa shape index (κ3) is 3.87. The Bertz CT molecular complexity index is 1240. The molecule has 7 nitrogen and oxygen atoms in total. The minimum Gasteiger partial charge on any atom is -0.378 e. The first-order valence-electron chi connectivity index (χ1n) is 9.04. The van der Waals surface area contributed by atoms with Crippen LogP contribution < -0.4 is 5.32 Å². The van der Waals surface area contributed by atoms with E-state index in [1.54, 1.807) is 54.9 Å². The predicted octanol–water partition coefficient (Wildman–Crippen LogP) is 4.81. The molecule has 0 aliphatic heterocycles. The first-order chi connectivity index (χ1) is 14.5. The molecule has 0 unspecified atom stereocenters. The number of nitrogens with one attached hydrogen (secondary N) is 1. The molecule has 0 saturated heterocycles. The number of hydrogen-bond acceptors (Lipinski definition) is 5. The summed E-state index contributed by atoms with van der Waals surface area (Å²) in [6.45, 7) is 2.05. The van der Waals surface area contributed by atoms with E-state index in [0.29, 0.717) is 32.8 Å². The molecular formula is C21H17Cl2N5O2. The molecule has 152 valence electrons. The van der Waals surface area contributed by atoms with Gasteiger partial charge in [-0.05, 0) is 42.8 Å². The number of rotatable bonds is 5. The van der Waals surface area contributed by atoms with E-state index >= 15 is 0 Å². The molecule has 0 atom stereocenters. The van der Waals surface area contributed by atoms with Crippen molar-refractivity contribution in [2.24, 2.45) is 0 Å². The van der Waals surface area contributed by atoms with E-state index in [1.807, 2.05) is 12.1 Å². The summed E-state index contributed by atoms with van der Waals surface area (Å²) in [5, 5.41) is 17.0. The van der Waals surface area contributed by atoms with E-state index < -0.39 is 5.91 Å². The molecular weight excluding hydrogens is 425 g/mol. The van der Waals surface area contributed by atoms with Gasteiger partial charge in [-0.3, -0.25) is 4.79 Å². The number of carbonyl (C=O) groups is 1. The minimum absolute atomic E-state index is 0.164. The number of halogens is 2. The van der Waals surface area contributed by atoms with Crippen LogP contribution in [-0.4, -0.2) is 32.8 Å². The highest BCUT2D eigenvalue weighted by Gasteiger charge is 2.22. The molecule has 0 radical (unpaired) electrons. The Balaban J connectivity index is 1.79. The molecule has 0 aliphatic rings. The quantitative estimate of drug-likeness (QED) is 0.480. The smallest absolute Gasteiger partial charge is 0.278 e. The maximum absolute atomic E-state index is 12.8. The van der Waals surface area contributed by atoms with Crippen molar-refractivity contribution in [3.05, 3.63) is 75.7 Å². The van der Waals surface area contributed by atoms with E-state index in [2.05, 4.69) is 20.6 Å². The van der Waals surface area contributed by atoms with Crippen molar-refractivity contribution in [1.29, 1.82) is 0 Å². The number of ether oxygens (including phenoxy) is 1. The van der Waals surface area contributed by atoms with Crippen LogP contribution in [0.3, 0.4) is 0 Å². The lowest BCUT2D eigenvalue weighted by molar-refractivity contribution is 0.102. The molecule has 4 aromatic rings. The fraction of sp³-hybridized carbons (Fsp3) is 0.143. The summed E-state index contributed by atoms with van der Waals surface area (Å²) in [4.78, 5) is 12.8. The molecule has 1 amide bonds. The normalized spacial score (nSPS) is 11.1. The van der Waals surface area contributed by atoms with Crippen molar-refractivity contribution in [1.82, 2.24) is 19.8 Å². The number of aryl methyl sites for hydroxylation is 1. The second-order valence-electron chi connectivity index (χ2n) is 6.60. The Labute approximate surface area is 182 Å². The summed E-state index contributed by atoms with van der Waals surface area (Å²) >= 11 is 12.0. The Kier molecular flexibility index (Phi) is 5.67. The summed E-state index contributed by atoms with van der Waals surface area (Å²) in [5.74, 6) is -0.402. The number of benzene rings is 2. The molecule has 0 bridgehead atoms. The Morgan fingerprint density at radius 3 is 2.57 bits per heavy atom. The Hall–Kier alpha value is -3.00. The molecule has 30 heavy (non-hydrogen) atoms. The van der Waals surface area contributed by atoms with Crippen molar-refractivity contribution in [2.75, 3.05) is 12.4 Å². The zero-order chi connectivity index (χ0) is 21.3. The Morgan fingerprint density at radius 2 is 1.87 bits per heavy atom. The van der Waals surface area contributed by atoms with Crippen molar-refractivity contribution < 1.29 is 9.53 Å². The summed E-state index contributed by atoms with van der Waals surface area (Å²) in [6.07, 6.45) is 0. The zero-order valence-corrected chi connectivity index (χ0v) is 17.7. The standard InChI is InChI=1S/C21H17Cl2N5O2/c1-12-19(21(29)24-16-5-3-4-15(23)10-16)25-26-20-18(13-6-8-14(22)9-7-13)17(11-30-2)27-28(12)20/h3-10H,11H2,1-2H3,(H,24,29). The van der Waals surface area contributed by atoms with Crippen molar-refractivity contribution in [2.45, 2.75) is 13.5 Å². The third-order valence-electron chi connectivity index (χ3n) is 4.55. The molecule has 0 spiro atoms. The van der Waals surface area contributed by atoms with E-state index in [9.17, 15) is 4.79 Å². The van der Waals surface area contributed by atoms with E-state index in [4.69, 9.17) is 27.9 Å². The number of nitrogens with zero attached hydrogens (tertiary/aromatic N) is 4. The third-order valence-corrected chi connectivity index (χ3v) is 5.04. The van der Waals surface area contributed by atoms with Gasteiger partial charge in [0.1, 0.15) is 0 Å². The minimum atomic E-state index is -0.402. The number of carbonyl (C=O) groups excluding carboxylic acids is 1. The van der Waals surface area contributed by atoms with E-state index in [0.717, 1.165) is 11.1 Å². The molecule has 4 rings (SSSR count). The highest BCUT2D eigenvalue weighted by Crippen LogP contribution is 2.30. The number of methoxy groups -OCH3 is 1. The van der Waals surface area contributed by atoms with Gasteiger partial charge >= 0.3 is 0 Å². The van der Waals surface area contributed by atoms with E-state index in [-0.39, 0.29) is 12.3 Å². The highest BCUT2D eigenvalue weighted by molar-refractivity contribution is 6.31. The van der Waals surface area contributed by atoms with Crippen LogP contribution in [0.4, 0.5) is 5.69 Å². The van der Waals surface area contributed by atoms with Crippen molar-refractivity contribution >= 4 is 40.4 Å². The molecule has 2 aromatic heterocycles. The fourth-order valence-corrected chi connectivity index (χ4v) is 3.48. The summed E-state index contributed by atoms with van der Waals surface area (Å²) in [5.41, 5.74) is 4.16. The monoisotopic (exact) mass is 441 g/mol. The maximum atomic E-state index is 12.8. The average Bonchev–Trinajstić information content (AvgIpc) is 3.08. The molecule has 0 fully saturated rings. The molecule has 0 saturated carbocycles. The topological polar surface area (TPSA) is 81.4 Å². The molecule has 1 N–H and O–H groups in total. The van der Waals surface area contributed by atoms with Gasteiger partial charge in [-0.25, -0.2) is 4.52 Å². The number of anilines is 1. The Morgan fingerprint density at radius 1 is 1.10 bits per heavy atom. The van der Waals surface area contributed by atoms with Gasteiger partial charge in [0.05, 0.1) is 23.6 Å². The average molecular weight is 442 g/mol. The predicted molar refractivity (Wildman–Crippen MR) is 116 cm³/mol. The molecule has 2 aromatic carbocycles. The molecule has 2 heterocycles. The second kappa shape index (κ2) is 8.39. The number of hydrogen-bond donors (Lipinski definition) is 1. The van der Waals surface area contributed by atoms with Crippen LogP contribution in [0, 0.1) is 6.92 Å². The summed E-state index contributed by atoms with van der Waals surface area (Å²) in [6, 6.07) is 14.2. The van der Waals surface area contributed by atoms with Gasteiger partial charge in [-0.1, -0.05) is 41.4 Å². The van der Waals surface area contributed by atoms with Gasteiger partial charge in [-0.15, -0.1) is 10.2 Å². The molecule has 0 aliphatic carbocycles. The van der Waals surface area contributed by atoms with Crippen LogP contribution in [-0.2, 0) is 11.3 Å². The van der Waals surface area contributed by atoms with Crippen LogP contribution in [0.2, 0.25) is 10.0 Å². The first-order valence-corrected chi connectivity index (χ1v) is 9.80. The number of aromatic nitrogens is 4. The summed E-state index contributed by atoms with van der Waals surface area (Å²) < 4.78 is 6.92. The van der Waals surface area contributed by atoms with Crippen LogP contribution in [0.1, 0.15) is 21.9 Å². The lowest BCUT2D eigenvalue weighted by Gasteiger charge is -2.08. The van der Waals surface area contributed by atoms with Gasteiger partial charge < -0.3 is 10.1 Å². The lowest BCUT2D eigenvalue weighted by Crippen LogP contribution is -2.18. The van der Waals surface area contributed by atoms with Crippen LogP contribution in [0.15, 0.2) is 48.5 Å². The van der Waals surface area contributed by atoms with Gasteiger partial charge in [-0.2, -0.15) is 5.10 Å². The van der Waals surface area contributed by atoms with Gasteiger partial charge in [0.15, 0.2) is 11.3 Å². The maximum Gasteiger partial charge on any atom is 0.278 e. The zero-order valence-electron chi connectivity index (χ0n) is 16.2. The van der Waals surface area contributed by atoms with E-state index in [1.165, 1.54) is 0 Å². The van der Waals surface area contributed by atoms with Crippen molar-refractivity contribution in [3.63, 3.8) is 0 Å². The second-order valence-corrected chi connectivity index (χ2v) is 7.47.